The highest BCUT2D eigenvalue weighted by Crippen LogP contribution is 2.39. The Balaban J connectivity index is 2.02. The molecule has 0 amide bonds. The minimum Gasteiger partial charge on any atom is -0.120 e. The average Bonchev–Trinajstić information content (AvgIpc) is 2.77. The lowest BCUT2D eigenvalue weighted by atomic mass is 9.82. The molecule has 2 bridgehead atoms. The van der Waals surface area contributed by atoms with E-state index in [0.29, 0.717) is 0 Å². The van der Waals surface area contributed by atoms with Crippen LogP contribution in [0.3, 0.4) is 0 Å². The van der Waals surface area contributed by atoms with E-state index in [1.807, 2.05) is 0 Å². The lowest BCUT2D eigenvalue weighted by molar-refractivity contribution is 1.10. The molecule has 0 fully saturated rings. The lowest BCUT2D eigenvalue weighted by Crippen LogP contribution is -2.06. The second-order valence-electron chi connectivity index (χ2n) is 5.18. The molecule has 1 aromatic carbocycles. The number of hydrogen-bond acceptors (Lipinski definition) is 0. The SMILES string of the molecule is CC1=C2C=CCC=C1Cc1cc3c(cc12)C=C=C3. The highest BCUT2D eigenvalue weighted by Gasteiger charge is 2.21. The Bertz CT molecular complexity index is 715. The van der Waals surface area contributed by atoms with Crippen LogP contribution < -0.4 is 0 Å². The normalized spacial score (nSPS) is 18.6. The van der Waals surface area contributed by atoms with E-state index in [-0.39, 0.29) is 0 Å². The Kier molecular flexibility index (Phi) is 1.92. The summed E-state index contributed by atoms with van der Waals surface area (Å²) < 4.78 is 0. The van der Waals surface area contributed by atoms with Crippen LogP contribution in [-0.2, 0) is 6.42 Å². The zero-order valence-electron chi connectivity index (χ0n) is 10.5. The molecule has 86 valence electrons. The maximum absolute atomic E-state index is 3.20. The summed E-state index contributed by atoms with van der Waals surface area (Å²) in [6.45, 7) is 2.25. The summed E-state index contributed by atoms with van der Waals surface area (Å²) in [5.41, 5.74) is 13.0. The summed E-state index contributed by atoms with van der Waals surface area (Å²) in [5.74, 6) is 0. The second kappa shape index (κ2) is 3.48. The van der Waals surface area contributed by atoms with Crippen LogP contribution in [0.5, 0.6) is 0 Å². The maximum atomic E-state index is 3.20. The van der Waals surface area contributed by atoms with E-state index in [1.165, 1.54) is 39.0 Å². The molecule has 0 nitrogen and oxygen atoms in total. The summed E-state index contributed by atoms with van der Waals surface area (Å²) in [5, 5.41) is 0. The molecule has 4 rings (SSSR count). The summed E-state index contributed by atoms with van der Waals surface area (Å²) in [4.78, 5) is 0. The van der Waals surface area contributed by atoms with Gasteiger partial charge in [0.2, 0.25) is 0 Å². The van der Waals surface area contributed by atoms with Crippen LogP contribution in [0.25, 0.3) is 17.7 Å². The zero-order valence-corrected chi connectivity index (χ0v) is 10.5. The van der Waals surface area contributed by atoms with Crippen molar-refractivity contribution >= 4 is 17.7 Å². The van der Waals surface area contributed by atoms with Gasteiger partial charge in [0.15, 0.2) is 0 Å². The Labute approximate surface area is 107 Å². The van der Waals surface area contributed by atoms with Gasteiger partial charge in [-0.1, -0.05) is 18.2 Å². The van der Waals surface area contributed by atoms with Crippen LogP contribution in [-0.4, -0.2) is 0 Å². The van der Waals surface area contributed by atoms with Gasteiger partial charge in [0.05, 0.1) is 0 Å². The van der Waals surface area contributed by atoms with Gasteiger partial charge in [-0.25, -0.2) is 0 Å². The molecule has 18 heavy (non-hydrogen) atoms. The number of rotatable bonds is 0. The van der Waals surface area contributed by atoms with Gasteiger partial charge in [-0.3, -0.25) is 0 Å². The second-order valence-corrected chi connectivity index (χ2v) is 5.18. The third-order valence-corrected chi connectivity index (χ3v) is 4.13. The summed E-state index contributed by atoms with van der Waals surface area (Å²) in [7, 11) is 0. The van der Waals surface area contributed by atoms with Crippen molar-refractivity contribution in [1.82, 2.24) is 0 Å². The van der Waals surface area contributed by atoms with Gasteiger partial charge >= 0.3 is 0 Å². The largest absolute Gasteiger partial charge is 0.120 e. The van der Waals surface area contributed by atoms with E-state index in [9.17, 15) is 0 Å². The number of hydrogen-bond donors (Lipinski definition) is 0. The Morgan fingerprint density at radius 1 is 1.11 bits per heavy atom. The summed E-state index contributed by atoms with van der Waals surface area (Å²) in [6.07, 6.45) is 13.2. The van der Waals surface area contributed by atoms with Crippen LogP contribution in [0.2, 0.25) is 0 Å². The minimum absolute atomic E-state index is 1.06. The molecular weight excluding hydrogens is 216 g/mol. The predicted octanol–water partition coefficient (Wildman–Crippen LogP) is 4.54. The van der Waals surface area contributed by atoms with Crippen molar-refractivity contribution in [3.63, 3.8) is 0 Å². The van der Waals surface area contributed by atoms with Gasteiger partial charge in [-0.05, 0) is 83.0 Å². The molecule has 0 aromatic heterocycles. The van der Waals surface area contributed by atoms with E-state index < -0.39 is 0 Å². The van der Waals surface area contributed by atoms with E-state index in [1.54, 1.807) is 0 Å². The van der Waals surface area contributed by atoms with E-state index in [4.69, 9.17) is 0 Å². The standard InChI is InChI=1S/C18H14/c1-12-13-5-2-3-8-17(12)18-11-15-7-4-6-14(15)10-16(18)9-13/h3,5-8,10-11H,2,9H2,1H3. The number of fused-ring (bicyclic) bond motifs is 4. The third-order valence-electron chi connectivity index (χ3n) is 4.13. The van der Waals surface area contributed by atoms with Crippen molar-refractivity contribution in [2.45, 2.75) is 19.8 Å². The molecule has 3 aliphatic carbocycles. The van der Waals surface area contributed by atoms with Crippen LogP contribution in [0.15, 0.2) is 47.2 Å². The van der Waals surface area contributed by atoms with Gasteiger partial charge < -0.3 is 0 Å². The van der Waals surface area contributed by atoms with Gasteiger partial charge in [0, 0.05) is 0 Å². The fraction of sp³-hybridized carbons (Fsp3) is 0.167. The van der Waals surface area contributed by atoms with Crippen LogP contribution in [0.4, 0.5) is 0 Å². The van der Waals surface area contributed by atoms with Crippen molar-refractivity contribution < 1.29 is 0 Å². The Hall–Kier alpha value is -2.04. The fourth-order valence-corrected chi connectivity index (χ4v) is 3.10. The van der Waals surface area contributed by atoms with Gasteiger partial charge in [0.25, 0.3) is 0 Å². The Morgan fingerprint density at radius 3 is 2.83 bits per heavy atom. The first-order valence-electron chi connectivity index (χ1n) is 6.49. The van der Waals surface area contributed by atoms with Crippen molar-refractivity contribution in [3.8, 4) is 0 Å². The quantitative estimate of drug-likeness (QED) is 0.583. The molecule has 0 radical (unpaired) electrons. The summed E-state index contributed by atoms with van der Waals surface area (Å²) in [6, 6.07) is 4.66. The van der Waals surface area contributed by atoms with Crippen LogP contribution in [0, 0.1) is 0 Å². The van der Waals surface area contributed by atoms with Gasteiger partial charge in [0.1, 0.15) is 0 Å². The van der Waals surface area contributed by atoms with Crippen LogP contribution in [0.1, 0.15) is 35.6 Å². The van der Waals surface area contributed by atoms with Crippen molar-refractivity contribution in [2.75, 3.05) is 0 Å². The highest BCUT2D eigenvalue weighted by atomic mass is 14.2. The van der Waals surface area contributed by atoms with E-state index in [0.717, 1.165) is 12.8 Å². The predicted molar refractivity (Wildman–Crippen MR) is 77.0 cm³/mol. The molecule has 0 heteroatoms. The average molecular weight is 230 g/mol. The smallest absolute Gasteiger partial charge is 0.00196 e. The molecule has 0 saturated heterocycles. The Morgan fingerprint density at radius 2 is 1.94 bits per heavy atom. The third kappa shape index (κ3) is 1.27. The molecular formula is C18H14. The molecule has 0 heterocycles. The molecule has 0 unspecified atom stereocenters. The van der Waals surface area contributed by atoms with Crippen molar-refractivity contribution in [2.24, 2.45) is 0 Å². The van der Waals surface area contributed by atoms with E-state index in [2.05, 4.69) is 55.2 Å². The van der Waals surface area contributed by atoms with Crippen LogP contribution >= 0.6 is 0 Å². The molecule has 1 aromatic rings. The first-order valence-corrected chi connectivity index (χ1v) is 6.49. The van der Waals surface area contributed by atoms with E-state index >= 15 is 0 Å². The minimum atomic E-state index is 1.06. The molecule has 0 aliphatic heterocycles. The van der Waals surface area contributed by atoms with Crippen molar-refractivity contribution in [3.05, 3.63) is 69.5 Å². The number of benzene rings is 1. The molecule has 0 N–H and O–H groups in total. The summed E-state index contributed by atoms with van der Waals surface area (Å²) >= 11 is 0. The monoisotopic (exact) mass is 230 g/mol. The first kappa shape index (κ1) is 9.94. The lowest BCUT2D eigenvalue weighted by Gasteiger charge is -2.22. The maximum Gasteiger partial charge on any atom is -0.00196 e. The van der Waals surface area contributed by atoms with Gasteiger partial charge in [-0.15, -0.1) is 5.73 Å². The molecule has 3 aliphatic rings. The highest BCUT2D eigenvalue weighted by molar-refractivity contribution is 5.87. The molecule has 0 atom stereocenters. The topological polar surface area (TPSA) is 0 Å². The zero-order chi connectivity index (χ0) is 12.1. The molecule has 0 spiro atoms. The fourth-order valence-electron chi connectivity index (χ4n) is 3.10. The molecule has 0 saturated carbocycles. The number of allylic oxidation sites excluding steroid dienone is 6. The van der Waals surface area contributed by atoms with Gasteiger partial charge in [-0.2, -0.15) is 0 Å². The van der Waals surface area contributed by atoms with Crippen molar-refractivity contribution in [1.29, 1.82) is 0 Å². The first-order chi connectivity index (χ1) is 8.83.